The zero-order valence-electron chi connectivity index (χ0n) is 8.46. The minimum atomic E-state index is -0.0323. The van der Waals surface area contributed by atoms with E-state index in [0.717, 1.165) is 26.2 Å². The first-order valence-corrected chi connectivity index (χ1v) is 5.07. The molecule has 1 amide bonds. The van der Waals surface area contributed by atoms with Crippen LogP contribution in [0.1, 0.15) is 19.8 Å². The first kappa shape index (κ1) is 10.5. The number of amides is 1. The van der Waals surface area contributed by atoms with E-state index in [-0.39, 0.29) is 5.91 Å². The van der Waals surface area contributed by atoms with Crippen molar-refractivity contribution in [3.05, 3.63) is 6.92 Å². The van der Waals surface area contributed by atoms with Gasteiger partial charge in [-0.15, -0.1) is 0 Å². The Morgan fingerprint density at radius 3 is 2.38 bits per heavy atom. The Kier molecular flexibility index (Phi) is 4.22. The molecule has 13 heavy (non-hydrogen) atoms. The molecule has 0 N–H and O–H groups in total. The van der Waals surface area contributed by atoms with Crippen LogP contribution in [0.25, 0.3) is 0 Å². The van der Waals surface area contributed by atoms with E-state index in [1.54, 1.807) is 0 Å². The third-order valence-corrected chi connectivity index (χ3v) is 2.55. The van der Waals surface area contributed by atoms with Crippen LogP contribution in [0.3, 0.4) is 0 Å². The number of carbonyl (C=O) groups excluding carboxylic acids is 1. The van der Waals surface area contributed by atoms with E-state index >= 15 is 0 Å². The third-order valence-electron chi connectivity index (χ3n) is 2.55. The molecule has 0 aromatic heterocycles. The number of hydrogen-bond donors (Lipinski definition) is 0. The van der Waals surface area contributed by atoms with Crippen LogP contribution in [0.4, 0.5) is 0 Å². The summed E-state index contributed by atoms with van der Waals surface area (Å²) >= 11 is 0. The van der Waals surface area contributed by atoms with Gasteiger partial charge in [0.25, 0.3) is 0 Å². The second-order valence-corrected chi connectivity index (χ2v) is 3.58. The van der Waals surface area contributed by atoms with Gasteiger partial charge in [-0.05, 0) is 13.0 Å². The molecule has 1 aliphatic heterocycles. The lowest BCUT2D eigenvalue weighted by Crippen LogP contribution is -2.48. The summed E-state index contributed by atoms with van der Waals surface area (Å²) in [4.78, 5) is 15.2. The molecule has 0 aromatic carbocycles. The maximum Gasteiger partial charge on any atom is 0.223 e. The standard InChI is InChI=1S/C10H19N2O/c1-3-4-5-11-6-8-12(9-7-11)10(2)13/h2-9H2,1H3. The van der Waals surface area contributed by atoms with Gasteiger partial charge in [0.1, 0.15) is 0 Å². The van der Waals surface area contributed by atoms with Crippen molar-refractivity contribution < 1.29 is 4.79 Å². The Balaban J connectivity index is 2.18. The Labute approximate surface area is 80.7 Å². The molecule has 0 atom stereocenters. The molecule has 1 rings (SSSR count). The van der Waals surface area contributed by atoms with Gasteiger partial charge in [-0.25, -0.2) is 0 Å². The summed E-state index contributed by atoms with van der Waals surface area (Å²) in [6.07, 6.45) is 2.51. The lowest BCUT2D eigenvalue weighted by molar-refractivity contribution is -0.128. The van der Waals surface area contributed by atoms with Gasteiger partial charge in [0.05, 0.1) is 0 Å². The largest absolute Gasteiger partial charge is 0.340 e. The quantitative estimate of drug-likeness (QED) is 0.645. The topological polar surface area (TPSA) is 23.6 Å². The highest BCUT2D eigenvalue weighted by atomic mass is 16.2. The molecular weight excluding hydrogens is 164 g/mol. The highest BCUT2D eigenvalue weighted by molar-refractivity contribution is 5.80. The summed E-state index contributed by atoms with van der Waals surface area (Å²) in [5, 5.41) is 0. The molecule has 3 heteroatoms. The number of unbranched alkanes of at least 4 members (excludes halogenated alkanes) is 1. The second kappa shape index (κ2) is 5.22. The van der Waals surface area contributed by atoms with E-state index in [2.05, 4.69) is 18.7 Å². The first-order valence-electron chi connectivity index (χ1n) is 5.07. The predicted octanol–water partition coefficient (Wildman–Crippen LogP) is 0.765. The van der Waals surface area contributed by atoms with Gasteiger partial charge in [0, 0.05) is 33.1 Å². The second-order valence-electron chi connectivity index (χ2n) is 3.58. The van der Waals surface area contributed by atoms with Crippen LogP contribution < -0.4 is 0 Å². The smallest absolute Gasteiger partial charge is 0.223 e. The van der Waals surface area contributed by atoms with Crippen molar-refractivity contribution in [2.75, 3.05) is 32.7 Å². The van der Waals surface area contributed by atoms with E-state index in [1.165, 1.54) is 19.4 Å². The number of nitrogens with zero attached hydrogens (tertiary/aromatic N) is 2. The zero-order chi connectivity index (χ0) is 9.68. The van der Waals surface area contributed by atoms with E-state index in [0.29, 0.717) is 0 Å². The molecule has 0 aromatic rings. The van der Waals surface area contributed by atoms with E-state index < -0.39 is 0 Å². The molecule has 0 unspecified atom stereocenters. The van der Waals surface area contributed by atoms with Gasteiger partial charge in [-0.3, -0.25) is 9.69 Å². The van der Waals surface area contributed by atoms with Gasteiger partial charge >= 0.3 is 0 Å². The fraction of sp³-hybridized carbons (Fsp3) is 0.800. The maximum absolute atomic E-state index is 10.9. The van der Waals surface area contributed by atoms with Crippen LogP contribution in [0.5, 0.6) is 0 Å². The van der Waals surface area contributed by atoms with Crippen molar-refractivity contribution in [3.63, 3.8) is 0 Å². The fourth-order valence-electron chi connectivity index (χ4n) is 1.60. The molecule has 75 valence electrons. The van der Waals surface area contributed by atoms with Crippen molar-refractivity contribution in [2.45, 2.75) is 19.8 Å². The molecule has 1 radical (unpaired) electrons. The Morgan fingerprint density at radius 1 is 1.31 bits per heavy atom. The summed E-state index contributed by atoms with van der Waals surface area (Å²) in [5.41, 5.74) is 0. The first-order chi connectivity index (χ1) is 6.24. The van der Waals surface area contributed by atoms with Crippen LogP contribution in [-0.4, -0.2) is 48.4 Å². The van der Waals surface area contributed by atoms with E-state index in [4.69, 9.17) is 0 Å². The lowest BCUT2D eigenvalue weighted by atomic mass is 10.2. The third kappa shape index (κ3) is 3.35. The highest BCUT2D eigenvalue weighted by Crippen LogP contribution is 2.03. The van der Waals surface area contributed by atoms with Gasteiger partial charge in [0.2, 0.25) is 5.91 Å². The molecule has 3 nitrogen and oxygen atoms in total. The van der Waals surface area contributed by atoms with E-state index in [9.17, 15) is 4.79 Å². The van der Waals surface area contributed by atoms with Crippen LogP contribution >= 0.6 is 0 Å². The summed E-state index contributed by atoms with van der Waals surface area (Å²) in [6.45, 7) is 10.5. The van der Waals surface area contributed by atoms with Crippen molar-refractivity contribution in [1.82, 2.24) is 9.80 Å². The monoisotopic (exact) mass is 183 g/mol. The van der Waals surface area contributed by atoms with Crippen LogP contribution in [0, 0.1) is 6.92 Å². The Hall–Kier alpha value is -0.570. The van der Waals surface area contributed by atoms with E-state index in [1.807, 2.05) is 4.90 Å². The number of piperazine rings is 1. The molecule has 0 aliphatic carbocycles. The predicted molar refractivity (Wildman–Crippen MR) is 53.3 cm³/mol. The average Bonchev–Trinajstić information content (AvgIpc) is 2.15. The van der Waals surface area contributed by atoms with Crippen molar-refractivity contribution >= 4 is 5.91 Å². The molecule has 0 saturated carbocycles. The summed E-state index contributed by atoms with van der Waals surface area (Å²) in [6, 6.07) is 0. The van der Waals surface area contributed by atoms with Crippen molar-refractivity contribution in [3.8, 4) is 0 Å². The fourth-order valence-corrected chi connectivity index (χ4v) is 1.60. The molecular formula is C10H19N2O. The average molecular weight is 183 g/mol. The van der Waals surface area contributed by atoms with Crippen molar-refractivity contribution in [1.29, 1.82) is 0 Å². The molecule has 1 aliphatic rings. The lowest BCUT2D eigenvalue weighted by Gasteiger charge is -2.34. The van der Waals surface area contributed by atoms with Crippen molar-refractivity contribution in [2.24, 2.45) is 0 Å². The molecule has 0 bridgehead atoms. The van der Waals surface area contributed by atoms with Crippen LogP contribution in [0.2, 0.25) is 0 Å². The Morgan fingerprint density at radius 2 is 1.92 bits per heavy atom. The molecule has 1 fully saturated rings. The number of hydrogen-bond acceptors (Lipinski definition) is 2. The summed E-state index contributed by atoms with van der Waals surface area (Å²) in [5.74, 6) is -0.0323. The molecule has 1 heterocycles. The Bertz CT molecular complexity index is 162. The van der Waals surface area contributed by atoms with Crippen LogP contribution in [-0.2, 0) is 4.79 Å². The summed E-state index contributed by atoms with van der Waals surface area (Å²) in [7, 11) is 0. The minimum Gasteiger partial charge on any atom is -0.340 e. The number of rotatable bonds is 3. The summed E-state index contributed by atoms with van der Waals surface area (Å²) < 4.78 is 0. The molecule has 0 spiro atoms. The van der Waals surface area contributed by atoms with Gasteiger partial charge < -0.3 is 4.90 Å². The molecule has 1 saturated heterocycles. The minimum absolute atomic E-state index is 0.0323. The van der Waals surface area contributed by atoms with Crippen LogP contribution in [0.15, 0.2) is 0 Å². The maximum atomic E-state index is 10.9. The van der Waals surface area contributed by atoms with Gasteiger partial charge in [-0.2, -0.15) is 0 Å². The van der Waals surface area contributed by atoms with Gasteiger partial charge in [-0.1, -0.05) is 13.3 Å². The zero-order valence-corrected chi connectivity index (χ0v) is 8.46. The number of carbonyl (C=O) groups is 1. The highest BCUT2D eigenvalue weighted by Gasteiger charge is 2.17. The normalized spacial score (nSPS) is 19.1. The SMILES string of the molecule is [CH2]C(=O)N1CCN(CCCC)CC1. The van der Waals surface area contributed by atoms with Gasteiger partial charge in [0.15, 0.2) is 0 Å².